The zero-order chi connectivity index (χ0) is 25.8. The smallest absolute Gasteiger partial charge is 0.295 e. The Balaban J connectivity index is 1.73. The second kappa shape index (κ2) is 11.0. The first-order valence-corrected chi connectivity index (χ1v) is 11.6. The molecule has 2 aromatic carbocycles. The van der Waals surface area contributed by atoms with Gasteiger partial charge in [0.15, 0.2) is 23.1 Å². The van der Waals surface area contributed by atoms with Crippen LogP contribution in [0.5, 0.6) is 17.2 Å². The summed E-state index contributed by atoms with van der Waals surface area (Å²) >= 11 is 0. The lowest BCUT2D eigenvalue weighted by Gasteiger charge is -2.29. The summed E-state index contributed by atoms with van der Waals surface area (Å²) in [6, 6.07) is 7.32. The molecule has 192 valence electrons. The van der Waals surface area contributed by atoms with Crippen LogP contribution in [0.1, 0.15) is 23.6 Å². The first-order valence-electron chi connectivity index (χ1n) is 11.6. The van der Waals surface area contributed by atoms with Gasteiger partial charge in [-0.05, 0) is 42.3 Å². The number of phenolic OH excluding ortho intramolecular Hbond substituents is 1. The van der Waals surface area contributed by atoms with Crippen LogP contribution in [0.2, 0.25) is 0 Å². The molecule has 2 aromatic rings. The fraction of sp³-hybridized carbons (Fsp3) is 0.385. The number of ketones is 1. The number of aliphatic hydroxyl groups excluding tert-OH is 1. The van der Waals surface area contributed by atoms with Gasteiger partial charge in [0, 0.05) is 31.7 Å². The van der Waals surface area contributed by atoms with Gasteiger partial charge in [-0.25, -0.2) is 4.39 Å². The van der Waals surface area contributed by atoms with Crippen molar-refractivity contribution in [3.05, 3.63) is 58.9 Å². The summed E-state index contributed by atoms with van der Waals surface area (Å²) < 4.78 is 29.9. The van der Waals surface area contributed by atoms with E-state index in [0.29, 0.717) is 31.7 Å². The van der Waals surface area contributed by atoms with Crippen LogP contribution in [0.25, 0.3) is 5.76 Å². The van der Waals surface area contributed by atoms with E-state index < -0.39 is 29.3 Å². The lowest BCUT2D eigenvalue weighted by molar-refractivity contribution is -0.140. The monoisotopic (exact) mass is 500 g/mol. The van der Waals surface area contributed by atoms with Crippen molar-refractivity contribution in [2.45, 2.75) is 12.5 Å². The molecule has 0 bridgehead atoms. The van der Waals surface area contributed by atoms with Crippen LogP contribution in [0.3, 0.4) is 0 Å². The van der Waals surface area contributed by atoms with Crippen molar-refractivity contribution < 1.29 is 38.4 Å². The fourth-order valence-corrected chi connectivity index (χ4v) is 4.58. The molecule has 2 aliphatic heterocycles. The van der Waals surface area contributed by atoms with Crippen molar-refractivity contribution in [1.82, 2.24) is 9.80 Å². The number of halogens is 1. The Hall–Kier alpha value is -3.63. The fourth-order valence-electron chi connectivity index (χ4n) is 4.58. The summed E-state index contributed by atoms with van der Waals surface area (Å²) in [5.41, 5.74) is 0.338. The molecule has 1 amide bonds. The molecule has 36 heavy (non-hydrogen) atoms. The lowest BCUT2D eigenvalue weighted by atomic mass is 9.95. The Bertz CT molecular complexity index is 1180. The number of hydrogen-bond acceptors (Lipinski definition) is 8. The van der Waals surface area contributed by atoms with E-state index in [1.165, 1.54) is 43.4 Å². The van der Waals surface area contributed by atoms with Crippen LogP contribution in [-0.2, 0) is 14.3 Å². The number of aliphatic hydroxyl groups is 1. The molecule has 0 unspecified atom stereocenters. The minimum atomic E-state index is -0.950. The van der Waals surface area contributed by atoms with Crippen molar-refractivity contribution in [1.29, 1.82) is 0 Å². The van der Waals surface area contributed by atoms with Gasteiger partial charge in [0.25, 0.3) is 11.7 Å². The SMILES string of the molecule is COc1cc([C@H]2C(=C(O)c3ccc(OC)c(F)c3)C(=O)C(=O)N2CCCN2CCOCC2)ccc1O. The molecule has 2 saturated heterocycles. The predicted octanol–water partition coefficient (Wildman–Crippen LogP) is 2.69. The molecule has 2 heterocycles. The van der Waals surface area contributed by atoms with Crippen molar-refractivity contribution in [2.24, 2.45) is 0 Å². The number of Topliss-reactive ketones (excluding diaryl/α,β-unsaturated/α-hetero) is 1. The summed E-state index contributed by atoms with van der Waals surface area (Å²) in [4.78, 5) is 29.9. The lowest BCUT2D eigenvalue weighted by Crippen LogP contribution is -2.38. The van der Waals surface area contributed by atoms with Gasteiger partial charge in [0.2, 0.25) is 0 Å². The molecule has 1 atom stereocenters. The van der Waals surface area contributed by atoms with E-state index in [2.05, 4.69) is 4.90 Å². The highest BCUT2D eigenvalue weighted by atomic mass is 19.1. The van der Waals surface area contributed by atoms with Crippen molar-refractivity contribution in [2.75, 3.05) is 53.6 Å². The Labute approximate surface area is 208 Å². The summed E-state index contributed by atoms with van der Waals surface area (Å²) in [7, 11) is 2.71. The van der Waals surface area contributed by atoms with Gasteiger partial charge in [-0.3, -0.25) is 14.5 Å². The molecule has 0 spiro atoms. The van der Waals surface area contributed by atoms with E-state index in [1.807, 2.05) is 0 Å². The van der Waals surface area contributed by atoms with E-state index in [0.717, 1.165) is 19.2 Å². The van der Waals surface area contributed by atoms with E-state index in [4.69, 9.17) is 14.2 Å². The van der Waals surface area contributed by atoms with Gasteiger partial charge in [-0.2, -0.15) is 0 Å². The average Bonchev–Trinajstić information content (AvgIpc) is 3.14. The van der Waals surface area contributed by atoms with Gasteiger partial charge in [0.05, 0.1) is 39.0 Å². The quantitative estimate of drug-likeness (QED) is 0.324. The molecule has 2 N–H and O–H groups in total. The van der Waals surface area contributed by atoms with Gasteiger partial charge >= 0.3 is 0 Å². The number of morpholine rings is 1. The van der Waals surface area contributed by atoms with Crippen molar-refractivity contribution in [3.63, 3.8) is 0 Å². The summed E-state index contributed by atoms with van der Waals surface area (Å²) in [6.07, 6.45) is 0.593. The highest BCUT2D eigenvalue weighted by Crippen LogP contribution is 2.42. The van der Waals surface area contributed by atoms with Crippen LogP contribution >= 0.6 is 0 Å². The number of rotatable bonds is 8. The second-order valence-electron chi connectivity index (χ2n) is 8.58. The van der Waals surface area contributed by atoms with Crippen LogP contribution in [0.4, 0.5) is 4.39 Å². The van der Waals surface area contributed by atoms with Gasteiger partial charge in [0.1, 0.15) is 5.76 Å². The van der Waals surface area contributed by atoms with E-state index in [9.17, 15) is 24.2 Å². The molecule has 2 aliphatic rings. The number of carbonyl (C=O) groups excluding carboxylic acids is 2. The third-order valence-corrected chi connectivity index (χ3v) is 6.46. The Morgan fingerprint density at radius 1 is 1.06 bits per heavy atom. The zero-order valence-electron chi connectivity index (χ0n) is 20.2. The number of ether oxygens (including phenoxy) is 3. The molecule has 10 heteroatoms. The number of likely N-dealkylation sites (tertiary alicyclic amines) is 1. The Morgan fingerprint density at radius 2 is 1.78 bits per heavy atom. The topological polar surface area (TPSA) is 109 Å². The van der Waals surface area contributed by atoms with Crippen LogP contribution in [0.15, 0.2) is 42.0 Å². The molecule has 0 saturated carbocycles. The molecular weight excluding hydrogens is 471 g/mol. The molecule has 4 rings (SSSR count). The maximum absolute atomic E-state index is 14.4. The van der Waals surface area contributed by atoms with E-state index >= 15 is 0 Å². The zero-order valence-corrected chi connectivity index (χ0v) is 20.2. The third kappa shape index (κ3) is 5.00. The largest absolute Gasteiger partial charge is 0.507 e. The number of carbonyl (C=O) groups is 2. The van der Waals surface area contributed by atoms with Crippen LogP contribution < -0.4 is 9.47 Å². The summed E-state index contributed by atoms with van der Waals surface area (Å²) in [6.45, 7) is 3.85. The maximum Gasteiger partial charge on any atom is 0.295 e. The molecule has 0 aliphatic carbocycles. The normalized spacial score (nSPS) is 20.1. The molecule has 2 fully saturated rings. The number of phenols is 1. The number of amides is 1. The standard InChI is InChI=1S/C26H29FN2O7/c1-34-20-7-5-17(14-18(20)27)24(31)22-23(16-4-6-19(30)21(15-16)35-2)29(26(33)25(22)32)9-3-8-28-10-12-36-13-11-28/h4-7,14-15,23,30-31H,3,8-13H2,1-2H3/t23-/m0/s1. The van der Waals surface area contributed by atoms with E-state index in [-0.39, 0.29) is 34.9 Å². The molecular formula is C26H29FN2O7. The minimum Gasteiger partial charge on any atom is -0.507 e. The average molecular weight is 501 g/mol. The summed E-state index contributed by atoms with van der Waals surface area (Å²) in [5, 5.41) is 21.2. The number of benzene rings is 2. The van der Waals surface area contributed by atoms with Crippen molar-refractivity contribution >= 4 is 17.4 Å². The first-order chi connectivity index (χ1) is 17.3. The summed E-state index contributed by atoms with van der Waals surface area (Å²) in [5.74, 6) is -2.82. The third-order valence-electron chi connectivity index (χ3n) is 6.46. The molecule has 0 aromatic heterocycles. The number of aromatic hydroxyl groups is 1. The van der Waals surface area contributed by atoms with Crippen molar-refractivity contribution in [3.8, 4) is 17.2 Å². The highest BCUT2D eigenvalue weighted by molar-refractivity contribution is 6.46. The van der Waals surface area contributed by atoms with Crippen LogP contribution in [-0.4, -0.2) is 85.3 Å². The van der Waals surface area contributed by atoms with Gasteiger partial charge < -0.3 is 29.3 Å². The Kier molecular flexibility index (Phi) is 7.76. The minimum absolute atomic E-state index is 0.0186. The predicted molar refractivity (Wildman–Crippen MR) is 128 cm³/mol. The first kappa shape index (κ1) is 25.5. The number of methoxy groups -OCH3 is 2. The van der Waals surface area contributed by atoms with Crippen LogP contribution in [0, 0.1) is 5.82 Å². The number of hydrogen-bond donors (Lipinski definition) is 2. The highest BCUT2D eigenvalue weighted by Gasteiger charge is 2.46. The molecule has 9 nitrogen and oxygen atoms in total. The van der Waals surface area contributed by atoms with Gasteiger partial charge in [-0.1, -0.05) is 6.07 Å². The van der Waals surface area contributed by atoms with E-state index in [1.54, 1.807) is 6.07 Å². The number of nitrogens with zero attached hydrogens (tertiary/aromatic N) is 2. The molecule has 0 radical (unpaired) electrons. The second-order valence-corrected chi connectivity index (χ2v) is 8.58. The Morgan fingerprint density at radius 3 is 2.44 bits per heavy atom. The van der Waals surface area contributed by atoms with Gasteiger partial charge in [-0.15, -0.1) is 0 Å². The maximum atomic E-state index is 14.4.